The van der Waals surface area contributed by atoms with E-state index < -0.39 is 11.8 Å². The van der Waals surface area contributed by atoms with Gasteiger partial charge in [-0.3, -0.25) is 14.5 Å². The van der Waals surface area contributed by atoms with Crippen molar-refractivity contribution in [3.63, 3.8) is 0 Å². The molecule has 32 heavy (non-hydrogen) atoms. The maximum atomic E-state index is 12.6. The fourth-order valence-electron chi connectivity index (χ4n) is 4.46. The Morgan fingerprint density at radius 2 is 1.81 bits per heavy atom. The molecule has 2 aliphatic rings. The average molecular weight is 437 g/mol. The molecule has 1 saturated heterocycles. The smallest absolute Gasteiger partial charge is 0.313 e. The predicted molar refractivity (Wildman–Crippen MR) is 126 cm³/mol. The molecule has 0 aliphatic carbocycles. The van der Waals surface area contributed by atoms with Gasteiger partial charge < -0.3 is 20.3 Å². The number of rotatable bonds is 5. The lowest BCUT2D eigenvalue weighted by atomic mass is 10.0. The van der Waals surface area contributed by atoms with E-state index >= 15 is 0 Å². The minimum absolute atomic E-state index is 0.00689. The van der Waals surface area contributed by atoms with Gasteiger partial charge in [-0.2, -0.15) is 0 Å². The molecule has 0 bridgehead atoms. The van der Waals surface area contributed by atoms with E-state index in [0.29, 0.717) is 25.4 Å². The van der Waals surface area contributed by atoms with Gasteiger partial charge in [0.05, 0.1) is 19.3 Å². The number of ether oxygens (including phenoxy) is 1. The summed E-state index contributed by atoms with van der Waals surface area (Å²) < 4.78 is 5.53. The third-order valence-electron chi connectivity index (χ3n) is 6.41. The zero-order valence-electron chi connectivity index (χ0n) is 19.1. The Bertz CT molecular complexity index is 1000. The van der Waals surface area contributed by atoms with Crippen LogP contribution in [0.5, 0.6) is 0 Å². The number of benzene rings is 2. The number of likely N-dealkylation sites (N-methyl/N-ethyl adjacent to an activating group) is 1. The van der Waals surface area contributed by atoms with E-state index in [0.717, 1.165) is 42.7 Å². The molecule has 1 atom stereocenters. The highest BCUT2D eigenvalue weighted by Crippen LogP contribution is 2.31. The highest BCUT2D eigenvalue weighted by Gasteiger charge is 2.26. The Balaban J connectivity index is 1.46. The molecule has 2 aromatic carbocycles. The number of nitrogens with zero attached hydrogens (tertiary/aromatic N) is 2. The number of carbonyl (C=O) groups excluding carboxylic acids is 2. The van der Waals surface area contributed by atoms with Crippen LogP contribution in [0.4, 0.5) is 11.4 Å². The molecule has 2 heterocycles. The lowest BCUT2D eigenvalue weighted by Crippen LogP contribution is -2.45. The van der Waals surface area contributed by atoms with Crippen LogP contribution in [0.25, 0.3) is 0 Å². The molecule has 2 aromatic rings. The average Bonchev–Trinajstić information content (AvgIpc) is 3.17. The maximum absolute atomic E-state index is 12.6. The zero-order chi connectivity index (χ0) is 22.7. The van der Waals surface area contributed by atoms with E-state index in [-0.39, 0.29) is 6.04 Å². The van der Waals surface area contributed by atoms with Crippen molar-refractivity contribution in [2.75, 3.05) is 56.7 Å². The minimum Gasteiger partial charge on any atom is -0.379 e. The number of fused-ring (bicyclic) bond motifs is 1. The number of aryl methyl sites for hydroxylation is 2. The fourth-order valence-corrected chi connectivity index (χ4v) is 4.46. The first kappa shape index (κ1) is 22.3. The van der Waals surface area contributed by atoms with Gasteiger partial charge in [0, 0.05) is 44.6 Å². The Labute approximate surface area is 189 Å². The molecule has 7 heteroatoms. The predicted octanol–water partition coefficient (Wildman–Crippen LogP) is 2.42. The third kappa shape index (κ3) is 4.95. The molecule has 2 amide bonds. The van der Waals surface area contributed by atoms with Gasteiger partial charge in [0.1, 0.15) is 0 Å². The molecule has 2 aliphatic heterocycles. The van der Waals surface area contributed by atoms with Crippen LogP contribution >= 0.6 is 0 Å². The van der Waals surface area contributed by atoms with Gasteiger partial charge >= 0.3 is 11.8 Å². The molecule has 0 aromatic heterocycles. The van der Waals surface area contributed by atoms with Crippen LogP contribution in [0.1, 0.15) is 28.3 Å². The highest BCUT2D eigenvalue weighted by molar-refractivity contribution is 6.39. The number of hydrogen-bond acceptors (Lipinski definition) is 5. The second-order valence-electron chi connectivity index (χ2n) is 8.71. The van der Waals surface area contributed by atoms with E-state index in [4.69, 9.17) is 4.74 Å². The number of nitrogens with one attached hydrogen (secondary N) is 2. The topological polar surface area (TPSA) is 73.9 Å². The van der Waals surface area contributed by atoms with Crippen molar-refractivity contribution in [2.45, 2.75) is 26.3 Å². The largest absolute Gasteiger partial charge is 0.379 e. The van der Waals surface area contributed by atoms with Gasteiger partial charge in [0.15, 0.2) is 0 Å². The normalized spacial score (nSPS) is 17.0. The molecule has 0 saturated carbocycles. The molecule has 1 fully saturated rings. The van der Waals surface area contributed by atoms with Crippen molar-refractivity contribution in [3.8, 4) is 0 Å². The van der Waals surface area contributed by atoms with Gasteiger partial charge in [-0.05, 0) is 54.7 Å². The summed E-state index contributed by atoms with van der Waals surface area (Å²) in [7, 11) is 2.11. The molecule has 0 unspecified atom stereocenters. The Morgan fingerprint density at radius 3 is 2.59 bits per heavy atom. The number of amides is 2. The van der Waals surface area contributed by atoms with Crippen LogP contribution < -0.4 is 15.5 Å². The summed E-state index contributed by atoms with van der Waals surface area (Å²) >= 11 is 0. The standard InChI is InChI=1S/C25H32N4O3/c1-17-4-5-18(2)21(14-17)27-25(31)24(30)26-16-23(29-10-12-32-13-11-29)19-6-7-22-20(15-19)8-9-28(22)3/h4-7,14-15,23H,8-13,16H2,1-3H3,(H,26,30)(H,27,31)/t23-/m1/s1. The van der Waals surface area contributed by atoms with Crippen LogP contribution in [0.2, 0.25) is 0 Å². The SMILES string of the molecule is Cc1ccc(C)c(NC(=O)C(=O)NC[C@H](c2ccc3c(c2)CCN3C)N2CCOCC2)c1. The number of anilines is 2. The van der Waals surface area contributed by atoms with Crippen LogP contribution in [-0.2, 0) is 20.7 Å². The van der Waals surface area contributed by atoms with E-state index in [1.165, 1.54) is 11.3 Å². The second-order valence-corrected chi connectivity index (χ2v) is 8.71. The molecule has 2 N–H and O–H groups in total. The molecule has 7 nitrogen and oxygen atoms in total. The Kier molecular flexibility index (Phi) is 6.77. The summed E-state index contributed by atoms with van der Waals surface area (Å²) in [5.74, 6) is -1.26. The van der Waals surface area contributed by atoms with E-state index in [2.05, 4.69) is 45.7 Å². The van der Waals surface area contributed by atoms with E-state index in [1.54, 1.807) is 0 Å². The quantitative estimate of drug-likeness (QED) is 0.705. The lowest BCUT2D eigenvalue weighted by molar-refractivity contribution is -0.136. The van der Waals surface area contributed by atoms with Gasteiger partial charge in [0.25, 0.3) is 0 Å². The van der Waals surface area contributed by atoms with Gasteiger partial charge in [0.2, 0.25) is 0 Å². The summed E-state index contributed by atoms with van der Waals surface area (Å²) in [5, 5.41) is 5.61. The van der Waals surface area contributed by atoms with Crippen molar-refractivity contribution < 1.29 is 14.3 Å². The maximum Gasteiger partial charge on any atom is 0.313 e. The summed E-state index contributed by atoms with van der Waals surface area (Å²) in [6.45, 7) is 8.20. The molecule has 0 spiro atoms. The summed E-state index contributed by atoms with van der Waals surface area (Å²) in [6.07, 6.45) is 1.03. The fraction of sp³-hybridized carbons (Fsp3) is 0.440. The van der Waals surface area contributed by atoms with Crippen LogP contribution in [0.3, 0.4) is 0 Å². The molecule has 0 radical (unpaired) electrons. The Morgan fingerprint density at radius 1 is 1.03 bits per heavy atom. The first-order chi connectivity index (χ1) is 15.4. The summed E-state index contributed by atoms with van der Waals surface area (Å²) in [5.41, 5.74) is 6.38. The Hall–Kier alpha value is -2.90. The van der Waals surface area contributed by atoms with Crippen molar-refractivity contribution in [1.82, 2.24) is 10.2 Å². The molecular weight excluding hydrogens is 404 g/mol. The highest BCUT2D eigenvalue weighted by atomic mass is 16.5. The zero-order valence-corrected chi connectivity index (χ0v) is 19.1. The minimum atomic E-state index is -0.644. The summed E-state index contributed by atoms with van der Waals surface area (Å²) in [6, 6.07) is 12.3. The van der Waals surface area contributed by atoms with Gasteiger partial charge in [-0.1, -0.05) is 24.3 Å². The van der Waals surface area contributed by atoms with E-state index in [1.807, 2.05) is 32.0 Å². The van der Waals surface area contributed by atoms with Crippen LogP contribution in [0, 0.1) is 13.8 Å². The van der Waals surface area contributed by atoms with Crippen molar-refractivity contribution in [1.29, 1.82) is 0 Å². The van der Waals surface area contributed by atoms with Crippen molar-refractivity contribution in [2.24, 2.45) is 0 Å². The monoisotopic (exact) mass is 436 g/mol. The number of carbonyl (C=O) groups is 2. The van der Waals surface area contributed by atoms with Crippen LogP contribution in [-0.4, -0.2) is 63.2 Å². The molecular formula is C25H32N4O3. The van der Waals surface area contributed by atoms with Crippen LogP contribution in [0.15, 0.2) is 36.4 Å². The first-order valence-electron chi connectivity index (χ1n) is 11.2. The van der Waals surface area contributed by atoms with Gasteiger partial charge in [-0.25, -0.2) is 0 Å². The summed E-state index contributed by atoms with van der Waals surface area (Å²) in [4.78, 5) is 29.7. The number of morpholine rings is 1. The van der Waals surface area contributed by atoms with Crippen molar-refractivity contribution in [3.05, 3.63) is 58.7 Å². The second kappa shape index (κ2) is 9.71. The molecule has 170 valence electrons. The van der Waals surface area contributed by atoms with Crippen molar-refractivity contribution >= 4 is 23.2 Å². The first-order valence-corrected chi connectivity index (χ1v) is 11.2. The molecule has 4 rings (SSSR count). The van der Waals surface area contributed by atoms with Gasteiger partial charge in [-0.15, -0.1) is 0 Å². The number of hydrogen-bond donors (Lipinski definition) is 2. The van der Waals surface area contributed by atoms with E-state index in [9.17, 15) is 9.59 Å². The third-order valence-corrected chi connectivity index (χ3v) is 6.41. The lowest BCUT2D eigenvalue weighted by Gasteiger charge is -2.35.